The summed E-state index contributed by atoms with van der Waals surface area (Å²) >= 11 is 6.11. The Kier molecular flexibility index (Phi) is 4.44. The molecule has 2 heteroatoms. The Bertz CT molecular complexity index is 272. The second-order valence-corrected chi connectivity index (χ2v) is 4.61. The summed E-state index contributed by atoms with van der Waals surface area (Å²) in [6.45, 7) is 3.79. The molecule has 1 unspecified atom stereocenters. The van der Waals surface area contributed by atoms with Gasteiger partial charge in [0.1, 0.15) is 0 Å². The summed E-state index contributed by atoms with van der Waals surface area (Å²) in [5.74, 6) is 0.187. The van der Waals surface area contributed by atoms with Crippen molar-refractivity contribution in [1.29, 1.82) is 0 Å². The highest BCUT2D eigenvalue weighted by Crippen LogP contribution is 2.26. The van der Waals surface area contributed by atoms with Gasteiger partial charge in [-0.2, -0.15) is 0 Å². The topological polar surface area (TPSA) is 17.1 Å². The van der Waals surface area contributed by atoms with Crippen molar-refractivity contribution in [2.45, 2.75) is 44.9 Å². The number of carbonyl (C=O) groups excluding carboxylic acids is 1. The van der Waals surface area contributed by atoms with Crippen molar-refractivity contribution in [3.05, 3.63) is 17.4 Å². The molecule has 0 spiro atoms. The molecule has 0 aromatic carbocycles. The van der Waals surface area contributed by atoms with Gasteiger partial charge < -0.3 is 0 Å². The number of rotatable bonds is 2. The number of hydrogen-bond donors (Lipinski definition) is 0. The third-order valence-corrected chi connectivity index (χ3v) is 2.98. The quantitative estimate of drug-likeness (QED) is 0.389. The average Bonchev–Trinajstić information content (AvgIpc) is 2.16. The Hall–Kier alpha value is -0.520. The Morgan fingerprint density at radius 3 is 2.86 bits per heavy atom. The van der Waals surface area contributed by atoms with Crippen molar-refractivity contribution >= 4 is 17.4 Å². The number of hydrogen-bond acceptors (Lipinski definition) is 1. The van der Waals surface area contributed by atoms with Gasteiger partial charge in [0.15, 0.2) is 5.78 Å². The highest BCUT2D eigenvalue weighted by atomic mass is 35.5. The van der Waals surface area contributed by atoms with Crippen LogP contribution in [0.2, 0.25) is 0 Å². The summed E-state index contributed by atoms with van der Waals surface area (Å²) in [4.78, 5) is 11.3. The maximum absolute atomic E-state index is 11.3. The fourth-order valence-corrected chi connectivity index (χ4v) is 1.79. The molecule has 1 rings (SSSR count). The first-order valence-electron chi connectivity index (χ1n) is 5.24. The van der Waals surface area contributed by atoms with Gasteiger partial charge in [0.05, 0.1) is 5.38 Å². The minimum absolute atomic E-state index is 0.0560. The first-order chi connectivity index (χ1) is 6.61. The van der Waals surface area contributed by atoms with Crippen LogP contribution < -0.4 is 0 Å². The van der Waals surface area contributed by atoms with Crippen LogP contribution in [0.4, 0.5) is 0 Å². The summed E-state index contributed by atoms with van der Waals surface area (Å²) in [6, 6.07) is 0. The van der Waals surface area contributed by atoms with Gasteiger partial charge >= 0.3 is 0 Å². The van der Waals surface area contributed by atoms with Gasteiger partial charge in [-0.05, 0) is 24.8 Å². The number of halogens is 1. The van der Waals surface area contributed by atoms with Crippen molar-refractivity contribution in [3.8, 4) is 0 Å². The third-order valence-electron chi connectivity index (χ3n) is 2.50. The molecule has 0 N–H and O–H groups in total. The fraction of sp³-hybridized carbons (Fsp3) is 0.667. The average molecular weight is 213 g/mol. The van der Waals surface area contributed by atoms with E-state index in [0.29, 0.717) is 0 Å². The van der Waals surface area contributed by atoms with Gasteiger partial charge in [-0.3, -0.25) is 4.79 Å². The van der Waals surface area contributed by atoms with Crippen LogP contribution in [0.1, 0.15) is 39.5 Å². The molecule has 78 valence electrons. The van der Waals surface area contributed by atoms with Crippen molar-refractivity contribution in [3.63, 3.8) is 0 Å². The molecule has 0 saturated heterocycles. The van der Waals surface area contributed by atoms with E-state index in [9.17, 15) is 4.79 Å². The molecule has 0 aromatic heterocycles. The fourth-order valence-electron chi connectivity index (χ4n) is 1.46. The third kappa shape index (κ3) is 3.32. The van der Waals surface area contributed by atoms with E-state index >= 15 is 0 Å². The number of carbonyl (C=O) groups is 1. The zero-order valence-corrected chi connectivity index (χ0v) is 9.60. The van der Waals surface area contributed by atoms with Crippen LogP contribution >= 0.6 is 11.6 Å². The number of alkyl halides is 1. The van der Waals surface area contributed by atoms with E-state index in [1.54, 1.807) is 6.08 Å². The Labute approximate surface area is 90.8 Å². The molecule has 1 aliphatic rings. The first kappa shape index (κ1) is 11.6. The summed E-state index contributed by atoms with van der Waals surface area (Å²) in [5, 5.41) is 0.0972. The molecule has 0 aliphatic heterocycles. The Morgan fingerprint density at radius 2 is 2.29 bits per heavy atom. The van der Waals surface area contributed by atoms with Crippen LogP contribution in [0.15, 0.2) is 17.4 Å². The summed E-state index contributed by atoms with van der Waals surface area (Å²) in [5.41, 5.74) is 4.17. The predicted octanol–water partition coefficient (Wildman–Crippen LogP) is 3.47. The van der Waals surface area contributed by atoms with Crippen molar-refractivity contribution in [1.82, 2.24) is 0 Å². The molecule has 1 fully saturated rings. The van der Waals surface area contributed by atoms with Gasteiger partial charge in [-0.25, -0.2) is 0 Å². The van der Waals surface area contributed by atoms with Gasteiger partial charge in [0, 0.05) is 12.0 Å². The van der Waals surface area contributed by atoms with Crippen LogP contribution in [0.5, 0.6) is 0 Å². The normalized spacial score (nSPS) is 22.0. The molecule has 0 amide bonds. The summed E-state index contributed by atoms with van der Waals surface area (Å²) < 4.78 is 0. The molecule has 14 heavy (non-hydrogen) atoms. The summed E-state index contributed by atoms with van der Waals surface area (Å²) in [7, 11) is 0. The lowest BCUT2D eigenvalue weighted by atomic mass is 9.95. The zero-order chi connectivity index (χ0) is 10.6. The largest absolute Gasteiger partial charge is 0.294 e. The van der Waals surface area contributed by atoms with E-state index in [4.69, 9.17) is 11.6 Å². The molecule has 1 aliphatic carbocycles. The molecule has 1 atom stereocenters. The van der Waals surface area contributed by atoms with E-state index in [1.165, 1.54) is 12.8 Å². The lowest BCUT2D eigenvalue weighted by Crippen LogP contribution is -2.08. The van der Waals surface area contributed by atoms with Gasteiger partial charge in [-0.1, -0.05) is 20.3 Å². The minimum Gasteiger partial charge on any atom is -0.294 e. The smallest absolute Gasteiger partial charge is 0.165 e. The molecule has 0 aromatic rings. The standard InChI is InChI=1S/C12H17ClO/c1-9(2)12(14)8-7-10-5-3-4-6-11(10)13/h8-9,11H,3-6H2,1-2H3. The zero-order valence-electron chi connectivity index (χ0n) is 8.85. The monoisotopic (exact) mass is 212 g/mol. The van der Waals surface area contributed by atoms with E-state index in [1.807, 2.05) is 13.8 Å². The lowest BCUT2D eigenvalue weighted by Gasteiger charge is -2.17. The van der Waals surface area contributed by atoms with Crippen molar-refractivity contribution in [2.75, 3.05) is 0 Å². The van der Waals surface area contributed by atoms with Crippen molar-refractivity contribution < 1.29 is 4.79 Å². The maximum Gasteiger partial charge on any atom is 0.165 e. The van der Waals surface area contributed by atoms with E-state index in [2.05, 4.69) is 5.73 Å². The molecule has 0 radical (unpaired) electrons. The van der Waals surface area contributed by atoms with Crippen LogP contribution in [0.3, 0.4) is 0 Å². The molecular formula is C12H17ClO. The first-order valence-corrected chi connectivity index (χ1v) is 5.68. The second-order valence-electron chi connectivity index (χ2n) is 4.08. The van der Waals surface area contributed by atoms with Crippen molar-refractivity contribution in [2.24, 2.45) is 5.92 Å². The van der Waals surface area contributed by atoms with Gasteiger partial charge in [0.2, 0.25) is 0 Å². The molecule has 1 nitrogen and oxygen atoms in total. The van der Waals surface area contributed by atoms with Crippen LogP contribution in [0.25, 0.3) is 0 Å². The Morgan fingerprint density at radius 1 is 1.57 bits per heavy atom. The summed E-state index contributed by atoms with van der Waals surface area (Å²) in [6.07, 6.45) is 5.94. The van der Waals surface area contributed by atoms with Crippen LogP contribution in [-0.2, 0) is 4.79 Å². The number of allylic oxidation sites excluding steroid dienone is 1. The molecule has 1 saturated carbocycles. The minimum atomic E-state index is 0.0560. The maximum atomic E-state index is 11.3. The van der Waals surface area contributed by atoms with Gasteiger partial charge in [-0.15, -0.1) is 17.3 Å². The Balaban J connectivity index is 2.70. The predicted molar refractivity (Wildman–Crippen MR) is 59.6 cm³/mol. The molecular weight excluding hydrogens is 196 g/mol. The van der Waals surface area contributed by atoms with E-state index in [0.717, 1.165) is 18.4 Å². The second kappa shape index (κ2) is 5.38. The number of ketones is 1. The molecule has 0 bridgehead atoms. The highest BCUT2D eigenvalue weighted by molar-refractivity contribution is 6.22. The highest BCUT2D eigenvalue weighted by Gasteiger charge is 2.15. The lowest BCUT2D eigenvalue weighted by molar-refractivity contribution is -0.117. The van der Waals surface area contributed by atoms with Gasteiger partial charge in [0.25, 0.3) is 0 Å². The molecule has 0 heterocycles. The van der Waals surface area contributed by atoms with Crippen LogP contribution in [0, 0.1) is 5.92 Å². The van der Waals surface area contributed by atoms with Crippen LogP contribution in [-0.4, -0.2) is 11.2 Å². The SMILES string of the molecule is CC(C)C(=O)C=C=C1CCCCC1Cl. The van der Waals surface area contributed by atoms with E-state index < -0.39 is 0 Å². The van der Waals surface area contributed by atoms with E-state index in [-0.39, 0.29) is 17.1 Å².